The zero-order chi connectivity index (χ0) is 13.8. The lowest BCUT2D eigenvalue weighted by Crippen LogP contribution is -2.32. The summed E-state index contributed by atoms with van der Waals surface area (Å²) >= 11 is 0.919. The quantitative estimate of drug-likeness (QED) is 0.807. The molecular weight excluding hydrogens is 274 g/mol. The Labute approximate surface area is 111 Å². The summed E-state index contributed by atoms with van der Waals surface area (Å²) in [4.78, 5) is 10.7. The Balaban J connectivity index is 2.76. The monoisotopic (exact) mass is 291 g/mol. The van der Waals surface area contributed by atoms with Gasteiger partial charge in [-0.25, -0.2) is 17.9 Å². The number of hydrogen-bond donors (Lipinski definition) is 2. The molecule has 18 heavy (non-hydrogen) atoms. The van der Waals surface area contributed by atoms with E-state index in [0.29, 0.717) is 0 Å². The molecule has 0 radical (unpaired) electrons. The minimum Gasteiger partial charge on any atom is -0.478 e. The minimum absolute atomic E-state index is 0.00147. The van der Waals surface area contributed by atoms with E-state index in [2.05, 4.69) is 4.72 Å². The Bertz CT molecular complexity index is 507. The second-order valence-electron chi connectivity index (χ2n) is 4.12. The number of aromatic carboxylic acids is 1. The average Bonchev–Trinajstić information content (AvgIpc) is 2.75. The van der Waals surface area contributed by atoms with E-state index < -0.39 is 16.0 Å². The maximum Gasteiger partial charge on any atom is 0.336 e. The Morgan fingerprint density at radius 2 is 2.22 bits per heavy atom. The molecule has 0 aliphatic heterocycles. The summed E-state index contributed by atoms with van der Waals surface area (Å²) in [6, 6.07) is 1.03. The lowest BCUT2D eigenvalue weighted by Gasteiger charge is -2.12. The van der Waals surface area contributed by atoms with Gasteiger partial charge >= 0.3 is 5.97 Å². The van der Waals surface area contributed by atoms with Crippen LogP contribution in [0.3, 0.4) is 0 Å². The van der Waals surface area contributed by atoms with E-state index in [9.17, 15) is 13.2 Å². The van der Waals surface area contributed by atoms with Crippen LogP contribution in [0.4, 0.5) is 0 Å². The highest BCUT2D eigenvalue weighted by Gasteiger charge is 2.20. The normalized spacial score (nSPS) is 13.4. The highest BCUT2D eigenvalue weighted by Crippen LogP contribution is 2.20. The third-order valence-electron chi connectivity index (χ3n) is 2.43. The van der Waals surface area contributed by atoms with E-state index in [4.69, 9.17) is 5.11 Å². The summed E-state index contributed by atoms with van der Waals surface area (Å²) in [5, 5.41) is 10.1. The van der Waals surface area contributed by atoms with E-state index in [1.54, 1.807) is 6.92 Å². The van der Waals surface area contributed by atoms with Crippen LogP contribution >= 0.6 is 11.3 Å². The molecule has 1 heterocycles. The average molecular weight is 291 g/mol. The third kappa shape index (κ3) is 4.08. The summed E-state index contributed by atoms with van der Waals surface area (Å²) in [6.07, 6.45) is 2.73. The highest BCUT2D eigenvalue weighted by atomic mass is 32.2. The Morgan fingerprint density at radius 3 is 2.72 bits per heavy atom. The smallest absolute Gasteiger partial charge is 0.336 e. The molecule has 0 bridgehead atoms. The van der Waals surface area contributed by atoms with E-state index in [-0.39, 0.29) is 15.8 Å². The summed E-state index contributed by atoms with van der Waals surface area (Å²) in [5.74, 6) is -1.12. The Kier molecular flexibility index (Phi) is 5.30. The first-order valence-electron chi connectivity index (χ1n) is 5.71. The Morgan fingerprint density at radius 1 is 1.56 bits per heavy atom. The first-order chi connectivity index (χ1) is 8.36. The van der Waals surface area contributed by atoms with Crippen LogP contribution in [-0.2, 0) is 10.0 Å². The second-order valence-corrected chi connectivity index (χ2v) is 6.98. The molecule has 0 spiro atoms. The number of nitrogens with one attached hydrogen (secondary N) is 1. The van der Waals surface area contributed by atoms with Crippen molar-refractivity contribution < 1.29 is 18.3 Å². The molecule has 0 fully saturated rings. The molecular formula is C11H17NO4S2. The van der Waals surface area contributed by atoms with Gasteiger partial charge < -0.3 is 5.11 Å². The molecule has 1 atom stereocenters. The standard InChI is InChI=1S/C11H17NO4S2/c1-3-4-5-8(2)12-18(15,16)10-6-9(7-17-10)11(13)14/h6-8,12H,3-5H2,1-2H3,(H,13,14). The lowest BCUT2D eigenvalue weighted by molar-refractivity contribution is 0.0697. The first-order valence-corrected chi connectivity index (χ1v) is 8.07. The summed E-state index contributed by atoms with van der Waals surface area (Å²) in [5.41, 5.74) is 0.00147. The maximum atomic E-state index is 11.9. The zero-order valence-corrected chi connectivity index (χ0v) is 12.0. The molecule has 1 aromatic rings. The number of sulfonamides is 1. The fraction of sp³-hybridized carbons (Fsp3) is 0.545. The summed E-state index contributed by atoms with van der Waals surface area (Å²) in [7, 11) is -3.60. The molecule has 0 aliphatic carbocycles. The van der Waals surface area contributed by atoms with Gasteiger partial charge in [0, 0.05) is 11.4 Å². The van der Waals surface area contributed by atoms with Crippen LogP contribution in [0.15, 0.2) is 15.7 Å². The van der Waals surface area contributed by atoms with Crippen molar-refractivity contribution in [1.29, 1.82) is 0 Å². The molecule has 0 amide bonds. The van der Waals surface area contributed by atoms with Crippen molar-refractivity contribution in [2.75, 3.05) is 0 Å². The van der Waals surface area contributed by atoms with Gasteiger partial charge in [0.2, 0.25) is 10.0 Å². The number of carboxylic acid groups (broad SMARTS) is 1. The molecule has 2 N–H and O–H groups in total. The van der Waals surface area contributed by atoms with Gasteiger partial charge in [0.15, 0.2) is 0 Å². The van der Waals surface area contributed by atoms with Gasteiger partial charge in [0.1, 0.15) is 4.21 Å². The summed E-state index contributed by atoms with van der Waals surface area (Å²) < 4.78 is 26.5. The van der Waals surface area contributed by atoms with Gasteiger partial charge in [0.05, 0.1) is 5.56 Å². The molecule has 0 saturated carbocycles. The Hall–Kier alpha value is -0.920. The van der Waals surface area contributed by atoms with Crippen molar-refractivity contribution >= 4 is 27.3 Å². The van der Waals surface area contributed by atoms with Crippen LogP contribution in [0.5, 0.6) is 0 Å². The number of carboxylic acids is 1. The van der Waals surface area contributed by atoms with Gasteiger partial charge in [-0.2, -0.15) is 0 Å². The molecule has 0 aromatic carbocycles. The van der Waals surface area contributed by atoms with Gasteiger partial charge in [0.25, 0.3) is 0 Å². The number of unbranched alkanes of at least 4 members (excludes halogenated alkanes) is 1. The summed E-state index contributed by atoms with van der Waals surface area (Å²) in [6.45, 7) is 3.85. The first kappa shape index (κ1) is 15.1. The highest BCUT2D eigenvalue weighted by molar-refractivity contribution is 7.91. The fourth-order valence-corrected chi connectivity index (χ4v) is 3.91. The van der Waals surface area contributed by atoms with E-state index in [0.717, 1.165) is 30.6 Å². The van der Waals surface area contributed by atoms with Crippen LogP contribution in [0.1, 0.15) is 43.5 Å². The molecule has 5 nitrogen and oxygen atoms in total. The largest absolute Gasteiger partial charge is 0.478 e. The molecule has 1 aromatic heterocycles. The molecule has 7 heteroatoms. The van der Waals surface area contributed by atoms with E-state index >= 15 is 0 Å². The molecule has 0 saturated heterocycles. The van der Waals surface area contributed by atoms with Crippen LogP contribution in [-0.4, -0.2) is 25.5 Å². The van der Waals surface area contributed by atoms with Gasteiger partial charge in [-0.3, -0.25) is 0 Å². The maximum absolute atomic E-state index is 11.9. The fourth-order valence-electron chi connectivity index (χ4n) is 1.46. The van der Waals surface area contributed by atoms with Gasteiger partial charge in [-0.05, 0) is 19.4 Å². The zero-order valence-electron chi connectivity index (χ0n) is 10.3. The molecule has 1 rings (SSSR count). The van der Waals surface area contributed by atoms with Crippen molar-refractivity contribution in [2.45, 2.75) is 43.4 Å². The van der Waals surface area contributed by atoms with E-state index in [1.165, 1.54) is 11.4 Å². The minimum atomic E-state index is -3.60. The van der Waals surface area contributed by atoms with Crippen molar-refractivity contribution in [3.05, 3.63) is 17.0 Å². The van der Waals surface area contributed by atoms with Crippen LogP contribution in [0.2, 0.25) is 0 Å². The van der Waals surface area contributed by atoms with Gasteiger partial charge in [-0.15, -0.1) is 11.3 Å². The van der Waals surface area contributed by atoms with Crippen LogP contribution in [0, 0.1) is 0 Å². The number of carbonyl (C=O) groups is 1. The van der Waals surface area contributed by atoms with Crippen molar-refractivity contribution in [3.63, 3.8) is 0 Å². The number of thiophene rings is 1. The topological polar surface area (TPSA) is 83.5 Å². The number of rotatable bonds is 7. The SMILES string of the molecule is CCCCC(C)NS(=O)(=O)c1cc(C(=O)O)cs1. The van der Waals surface area contributed by atoms with E-state index in [1.807, 2.05) is 6.92 Å². The third-order valence-corrected chi connectivity index (χ3v) is 5.46. The van der Waals surface area contributed by atoms with Crippen molar-refractivity contribution in [2.24, 2.45) is 0 Å². The molecule has 102 valence electrons. The number of hydrogen-bond acceptors (Lipinski definition) is 4. The molecule has 1 unspecified atom stereocenters. The van der Waals surface area contributed by atoms with Gasteiger partial charge in [-0.1, -0.05) is 19.8 Å². The van der Waals surface area contributed by atoms with Crippen LogP contribution in [0.25, 0.3) is 0 Å². The van der Waals surface area contributed by atoms with Crippen molar-refractivity contribution in [1.82, 2.24) is 4.72 Å². The predicted octanol–water partition coefficient (Wildman–Crippen LogP) is 2.30. The van der Waals surface area contributed by atoms with Crippen molar-refractivity contribution in [3.8, 4) is 0 Å². The second kappa shape index (κ2) is 6.31. The lowest BCUT2D eigenvalue weighted by atomic mass is 10.2. The predicted molar refractivity (Wildman–Crippen MR) is 70.6 cm³/mol. The molecule has 0 aliphatic rings. The van der Waals surface area contributed by atoms with Crippen LogP contribution < -0.4 is 4.72 Å².